The Bertz CT molecular complexity index is 1040. The van der Waals surface area contributed by atoms with Crippen molar-refractivity contribution in [2.45, 2.75) is 58.2 Å². The lowest BCUT2D eigenvalue weighted by molar-refractivity contribution is 0.0815. The topological polar surface area (TPSA) is 75.9 Å². The van der Waals surface area contributed by atoms with E-state index in [0.717, 1.165) is 32.5 Å². The Morgan fingerprint density at radius 3 is 2.50 bits per heavy atom. The van der Waals surface area contributed by atoms with Gasteiger partial charge >= 0.3 is 0 Å². The average molecular weight is 455 g/mol. The summed E-state index contributed by atoms with van der Waals surface area (Å²) in [7, 11) is 4.42. The summed E-state index contributed by atoms with van der Waals surface area (Å²) in [5, 5.41) is 4.11. The number of hydrogen-bond acceptors (Lipinski definition) is 5. The Kier molecular flexibility index (Phi) is 8.19. The molecule has 0 spiro atoms. The van der Waals surface area contributed by atoms with Crippen LogP contribution in [-0.4, -0.2) is 51.1 Å². The molecule has 3 heterocycles. The highest BCUT2D eigenvalue weighted by Gasteiger charge is 2.26. The van der Waals surface area contributed by atoms with E-state index in [1.165, 1.54) is 18.4 Å². The van der Waals surface area contributed by atoms with Crippen LogP contribution in [0.3, 0.4) is 0 Å². The van der Waals surface area contributed by atoms with Crippen LogP contribution in [0.1, 0.15) is 74.2 Å². The van der Waals surface area contributed by atoms with E-state index in [1.54, 1.807) is 25.2 Å². The van der Waals surface area contributed by atoms with Gasteiger partial charge in [0.2, 0.25) is 5.95 Å². The molecule has 8 heteroatoms. The van der Waals surface area contributed by atoms with E-state index >= 15 is 0 Å². The zero-order chi connectivity index (χ0) is 23.3. The van der Waals surface area contributed by atoms with Crippen LogP contribution in [0.5, 0.6) is 0 Å². The van der Waals surface area contributed by atoms with Gasteiger partial charge in [-0.05, 0) is 42.9 Å². The zero-order valence-electron chi connectivity index (χ0n) is 20.0. The van der Waals surface area contributed by atoms with Crippen LogP contribution in [0.2, 0.25) is 0 Å². The minimum Gasteiger partial charge on any atom is -0.343 e. The number of amides is 1. The van der Waals surface area contributed by atoms with Crippen molar-refractivity contribution >= 4 is 37.3 Å². The third-order valence-corrected chi connectivity index (χ3v) is 7.05. The number of pyridine rings is 1. The molecular weight excluding hydrogens is 419 g/mol. The molecule has 1 saturated carbocycles. The molecule has 0 aromatic carbocycles. The molecule has 1 aliphatic rings. The maximum absolute atomic E-state index is 12.8. The van der Waals surface area contributed by atoms with Crippen molar-refractivity contribution in [1.29, 1.82) is 0 Å². The van der Waals surface area contributed by atoms with Gasteiger partial charge in [0.15, 0.2) is 0 Å². The van der Waals surface area contributed by atoms with Crippen LogP contribution in [-0.2, 0) is 0 Å². The molecule has 0 saturated heterocycles. The molecular formula is C24H35N6OP. The van der Waals surface area contributed by atoms with Crippen LogP contribution in [0.25, 0.3) is 11.0 Å². The van der Waals surface area contributed by atoms with E-state index < -0.39 is 0 Å². The predicted octanol–water partition coefficient (Wildman–Crippen LogP) is 5.78. The molecule has 0 radical (unpaired) electrons. The van der Waals surface area contributed by atoms with Crippen LogP contribution >= 0.6 is 8.58 Å². The quantitative estimate of drug-likeness (QED) is 0.478. The van der Waals surface area contributed by atoms with Crippen LogP contribution in [0, 0.1) is 0 Å². The second-order valence-electron chi connectivity index (χ2n) is 8.12. The largest absolute Gasteiger partial charge is 0.343 e. The monoisotopic (exact) mass is 454 g/mol. The summed E-state index contributed by atoms with van der Waals surface area (Å²) in [6.45, 7) is 8.41. The molecule has 0 aliphatic heterocycles. The first kappa shape index (κ1) is 24.1. The smallest absolute Gasteiger partial charge is 0.270 e. The standard InChI is InChI=1S/C22H29N6OP.C2H6/c1-14(30-4)15-9-10-19(23-12-15)25-22-24-13-16-11-18(21(29)27(2)3)28(20(16)26-22)17-7-5-6-8-17;1-2/h9-14,17,30H,5-8H2,1-4H3,(H,23,24,25,26);1-2H3. The highest BCUT2D eigenvalue weighted by atomic mass is 31.1. The van der Waals surface area contributed by atoms with Gasteiger partial charge in [-0.15, -0.1) is 8.58 Å². The Labute approximate surface area is 192 Å². The molecule has 2 unspecified atom stereocenters. The summed E-state index contributed by atoms with van der Waals surface area (Å²) < 4.78 is 2.12. The number of anilines is 2. The van der Waals surface area contributed by atoms with Gasteiger partial charge in [-0.25, -0.2) is 9.97 Å². The molecule has 1 amide bonds. The van der Waals surface area contributed by atoms with Gasteiger partial charge in [0, 0.05) is 37.9 Å². The molecule has 0 bridgehead atoms. The summed E-state index contributed by atoms with van der Waals surface area (Å²) >= 11 is 0. The van der Waals surface area contributed by atoms with E-state index in [0.29, 0.717) is 29.2 Å². The van der Waals surface area contributed by atoms with Crippen molar-refractivity contribution < 1.29 is 4.79 Å². The minimum atomic E-state index is -0.00239. The molecule has 32 heavy (non-hydrogen) atoms. The molecule has 1 fully saturated rings. The van der Waals surface area contributed by atoms with Gasteiger partial charge in [0.05, 0.1) is 0 Å². The van der Waals surface area contributed by atoms with Crippen molar-refractivity contribution in [2.24, 2.45) is 0 Å². The van der Waals surface area contributed by atoms with E-state index in [-0.39, 0.29) is 5.91 Å². The SMILES string of the molecule is CC.CPC(C)c1ccc(Nc2ncc3cc(C(=O)N(C)C)n(C4CCCC4)c3n2)nc1. The Hall–Kier alpha value is -2.53. The van der Waals surface area contributed by atoms with Crippen LogP contribution in [0.15, 0.2) is 30.6 Å². The van der Waals surface area contributed by atoms with Crippen LogP contribution < -0.4 is 5.32 Å². The first-order chi connectivity index (χ1) is 15.5. The fourth-order valence-electron chi connectivity index (χ4n) is 4.01. The highest BCUT2D eigenvalue weighted by molar-refractivity contribution is 7.37. The number of nitrogens with zero attached hydrogens (tertiary/aromatic N) is 5. The summed E-state index contributed by atoms with van der Waals surface area (Å²) in [5.41, 5.74) is 3.24. The minimum absolute atomic E-state index is 0.00239. The summed E-state index contributed by atoms with van der Waals surface area (Å²) in [4.78, 5) is 28.2. The van der Waals surface area contributed by atoms with Gasteiger partial charge in [0.25, 0.3) is 5.91 Å². The van der Waals surface area contributed by atoms with Gasteiger partial charge in [-0.3, -0.25) is 4.79 Å². The van der Waals surface area contributed by atoms with E-state index in [4.69, 9.17) is 4.98 Å². The van der Waals surface area contributed by atoms with Crippen molar-refractivity contribution in [3.63, 3.8) is 0 Å². The lowest BCUT2D eigenvalue weighted by atomic mass is 10.2. The molecule has 3 aromatic heterocycles. The fraction of sp³-hybridized carbons (Fsp3) is 0.500. The molecule has 4 rings (SSSR count). The number of carbonyl (C=O) groups is 1. The highest BCUT2D eigenvalue weighted by Crippen LogP contribution is 2.35. The number of fused-ring (bicyclic) bond motifs is 1. The molecule has 7 nitrogen and oxygen atoms in total. The van der Waals surface area contributed by atoms with E-state index in [1.807, 2.05) is 32.2 Å². The number of carbonyl (C=O) groups excluding carboxylic acids is 1. The Balaban J connectivity index is 0.00000141. The van der Waals surface area contributed by atoms with Crippen molar-refractivity contribution in [1.82, 2.24) is 24.4 Å². The van der Waals surface area contributed by atoms with Gasteiger partial charge in [-0.1, -0.05) is 39.7 Å². The predicted molar refractivity (Wildman–Crippen MR) is 135 cm³/mol. The molecule has 1 aliphatic carbocycles. The summed E-state index contributed by atoms with van der Waals surface area (Å²) in [6, 6.07) is 6.29. The molecule has 172 valence electrons. The third kappa shape index (κ3) is 5.09. The van der Waals surface area contributed by atoms with Crippen LogP contribution in [0.4, 0.5) is 11.8 Å². The summed E-state index contributed by atoms with van der Waals surface area (Å²) in [6.07, 6.45) is 8.22. The van der Waals surface area contributed by atoms with Crippen molar-refractivity contribution in [3.05, 3.63) is 41.9 Å². The van der Waals surface area contributed by atoms with Crippen molar-refractivity contribution in [3.8, 4) is 0 Å². The Morgan fingerprint density at radius 2 is 1.91 bits per heavy atom. The fourth-order valence-corrected chi connectivity index (χ4v) is 4.51. The summed E-state index contributed by atoms with van der Waals surface area (Å²) in [5.74, 6) is 1.21. The first-order valence-electron chi connectivity index (χ1n) is 11.5. The van der Waals surface area contributed by atoms with E-state index in [2.05, 4.69) is 39.5 Å². The second kappa shape index (κ2) is 10.9. The lowest BCUT2D eigenvalue weighted by Gasteiger charge is -2.19. The number of rotatable bonds is 6. The second-order valence-corrected chi connectivity index (χ2v) is 9.57. The maximum atomic E-state index is 12.8. The first-order valence-corrected chi connectivity index (χ1v) is 13.1. The maximum Gasteiger partial charge on any atom is 0.270 e. The normalized spacial score (nSPS) is 15.1. The van der Waals surface area contributed by atoms with E-state index in [9.17, 15) is 4.79 Å². The average Bonchev–Trinajstić information content (AvgIpc) is 3.47. The van der Waals surface area contributed by atoms with Gasteiger partial charge in [-0.2, -0.15) is 4.98 Å². The Morgan fingerprint density at radius 1 is 1.19 bits per heavy atom. The molecule has 2 atom stereocenters. The zero-order valence-corrected chi connectivity index (χ0v) is 21.0. The third-order valence-electron chi connectivity index (χ3n) is 5.85. The lowest BCUT2D eigenvalue weighted by Crippen LogP contribution is -2.25. The number of nitrogens with one attached hydrogen (secondary N) is 1. The van der Waals surface area contributed by atoms with Gasteiger partial charge in [0.1, 0.15) is 17.2 Å². The molecule has 3 aromatic rings. The number of hydrogen-bond donors (Lipinski definition) is 1. The van der Waals surface area contributed by atoms with Gasteiger partial charge < -0.3 is 14.8 Å². The number of aromatic nitrogens is 4. The van der Waals surface area contributed by atoms with Crippen molar-refractivity contribution in [2.75, 3.05) is 26.1 Å². The molecule has 1 N–H and O–H groups in total.